The molecule has 2 rings (SSSR count). The van der Waals surface area contributed by atoms with Crippen LogP contribution in [0, 0.1) is 11.3 Å². The fraction of sp³-hybridized carbons (Fsp3) is 0.316. The van der Waals surface area contributed by atoms with Gasteiger partial charge in [0.1, 0.15) is 11.1 Å². The Morgan fingerprint density at radius 2 is 1.90 bits per heavy atom. The Morgan fingerprint density at radius 3 is 2.45 bits per heavy atom. The number of thioether (sulfide) groups is 1. The number of methoxy groups -OCH3 is 2. The number of halogens is 3. The van der Waals surface area contributed by atoms with Crippen molar-refractivity contribution in [3.05, 3.63) is 35.4 Å². The molecule has 29 heavy (non-hydrogen) atoms. The molecule has 0 aliphatic heterocycles. The number of ether oxygens (including phenoxy) is 3. The first-order chi connectivity index (χ1) is 13.7. The Kier molecular flexibility index (Phi) is 7.34. The van der Waals surface area contributed by atoms with E-state index >= 15 is 0 Å². The van der Waals surface area contributed by atoms with Crippen LogP contribution >= 0.6 is 11.8 Å². The predicted molar refractivity (Wildman–Crippen MR) is 99.9 cm³/mol. The maximum Gasteiger partial charge on any atom is 0.417 e. The predicted octanol–water partition coefficient (Wildman–Crippen LogP) is 4.31. The van der Waals surface area contributed by atoms with Crippen molar-refractivity contribution >= 4 is 17.7 Å². The van der Waals surface area contributed by atoms with E-state index in [0.717, 1.165) is 6.07 Å². The van der Waals surface area contributed by atoms with Gasteiger partial charge in [0.05, 0.1) is 43.4 Å². The van der Waals surface area contributed by atoms with E-state index in [1.54, 1.807) is 13.0 Å². The number of esters is 1. The minimum absolute atomic E-state index is 0.0244. The summed E-state index contributed by atoms with van der Waals surface area (Å²) in [5, 5.41) is 9.08. The monoisotopic (exact) mass is 426 g/mol. The van der Waals surface area contributed by atoms with Crippen LogP contribution < -0.4 is 9.47 Å². The van der Waals surface area contributed by atoms with Gasteiger partial charge in [-0.1, -0.05) is 11.8 Å². The van der Waals surface area contributed by atoms with E-state index in [2.05, 4.69) is 4.98 Å². The molecule has 0 saturated heterocycles. The van der Waals surface area contributed by atoms with Crippen molar-refractivity contribution in [3.8, 4) is 28.8 Å². The maximum absolute atomic E-state index is 13.6. The Morgan fingerprint density at radius 1 is 1.21 bits per heavy atom. The fourth-order valence-corrected chi connectivity index (χ4v) is 3.23. The van der Waals surface area contributed by atoms with Crippen molar-refractivity contribution in [1.82, 2.24) is 4.98 Å². The summed E-state index contributed by atoms with van der Waals surface area (Å²) >= 11 is 0.712. The van der Waals surface area contributed by atoms with Crippen LogP contribution in [-0.4, -0.2) is 37.5 Å². The number of nitriles is 1. The molecular weight excluding hydrogens is 409 g/mol. The molecule has 154 valence electrons. The molecule has 10 heteroatoms. The molecule has 0 spiro atoms. The third-order valence-corrected chi connectivity index (χ3v) is 4.66. The van der Waals surface area contributed by atoms with Gasteiger partial charge in [0.25, 0.3) is 0 Å². The molecule has 0 aliphatic rings. The number of carbonyl (C=O) groups excluding carboxylic acids is 1. The van der Waals surface area contributed by atoms with E-state index in [1.807, 2.05) is 0 Å². The third-order valence-electron chi connectivity index (χ3n) is 3.71. The highest BCUT2D eigenvalue weighted by molar-refractivity contribution is 7.99. The second-order valence-electron chi connectivity index (χ2n) is 5.51. The number of aromatic nitrogens is 1. The van der Waals surface area contributed by atoms with Crippen LogP contribution in [0.1, 0.15) is 18.1 Å². The highest BCUT2D eigenvalue weighted by Crippen LogP contribution is 2.39. The topological polar surface area (TPSA) is 81.4 Å². The Hall–Kier alpha value is -2.93. The zero-order chi connectivity index (χ0) is 21.6. The second kappa shape index (κ2) is 9.52. The molecule has 0 aliphatic carbocycles. The Bertz CT molecular complexity index is 942. The van der Waals surface area contributed by atoms with Gasteiger partial charge in [-0.3, -0.25) is 4.79 Å². The quantitative estimate of drug-likeness (QED) is 0.482. The fourth-order valence-electron chi connectivity index (χ4n) is 2.43. The Balaban J connectivity index is 2.60. The van der Waals surface area contributed by atoms with E-state index in [4.69, 9.17) is 14.2 Å². The highest BCUT2D eigenvalue weighted by atomic mass is 32.2. The number of hydrogen-bond donors (Lipinski definition) is 0. The second-order valence-corrected chi connectivity index (χ2v) is 6.47. The molecule has 6 nitrogen and oxygen atoms in total. The summed E-state index contributed by atoms with van der Waals surface area (Å²) < 4.78 is 55.8. The van der Waals surface area contributed by atoms with Crippen LogP contribution in [0.2, 0.25) is 0 Å². The number of rotatable bonds is 7. The first-order valence-corrected chi connectivity index (χ1v) is 9.26. The van der Waals surface area contributed by atoms with Crippen LogP contribution in [0.25, 0.3) is 11.3 Å². The SMILES string of the molecule is CCOC(=O)CSc1nc(-c2ccc(OC)c(OC)c2)cc(C(F)(F)F)c1C#N. The van der Waals surface area contributed by atoms with Gasteiger partial charge < -0.3 is 14.2 Å². The summed E-state index contributed by atoms with van der Waals surface area (Å²) in [6.07, 6.45) is -4.78. The lowest BCUT2D eigenvalue weighted by molar-refractivity contribution is -0.140. The molecule has 1 aromatic carbocycles. The lowest BCUT2D eigenvalue weighted by Gasteiger charge is -2.15. The van der Waals surface area contributed by atoms with Gasteiger partial charge in [-0.15, -0.1) is 0 Å². The molecule has 0 atom stereocenters. The summed E-state index contributed by atoms with van der Waals surface area (Å²) in [4.78, 5) is 15.8. The largest absolute Gasteiger partial charge is 0.493 e. The smallest absolute Gasteiger partial charge is 0.417 e. The van der Waals surface area contributed by atoms with Gasteiger partial charge in [-0.2, -0.15) is 18.4 Å². The average Bonchev–Trinajstić information content (AvgIpc) is 2.70. The molecule has 1 heterocycles. The van der Waals surface area contributed by atoms with Crippen molar-refractivity contribution < 1.29 is 32.2 Å². The van der Waals surface area contributed by atoms with Crippen LogP contribution in [0.3, 0.4) is 0 Å². The van der Waals surface area contributed by atoms with Crippen LogP contribution in [0.4, 0.5) is 13.2 Å². The molecule has 1 aromatic heterocycles. The number of carbonyl (C=O) groups is 1. The first-order valence-electron chi connectivity index (χ1n) is 8.28. The van der Waals surface area contributed by atoms with E-state index in [-0.39, 0.29) is 23.1 Å². The van der Waals surface area contributed by atoms with Crippen LogP contribution in [-0.2, 0) is 15.7 Å². The zero-order valence-corrected chi connectivity index (χ0v) is 16.6. The number of nitrogens with zero attached hydrogens (tertiary/aromatic N) is 2. The molecule has 2 aromatic rings. The lowest BCUT2D eigenvalue weighted by Crippen LogP contribution is -2.12. The molecule has 0 N–H and O–H groups in total. The summed E-state index contributed by atoms with van der Waals surface area (Å²) in [5.41, 5.74) is -1.47. The molecule has 0 amide bonds. The van der Waals surface area contributed by atoms with Gasteiger partial charge >= 0.3 is 12.1 Å². The summed E-state index contributed by atoms with van der Waals surface area (Å²) in [5.74, 6) is -0.182. The number of benzene rings is 1. The minimum Gasteiger partial charge on any atom is -0.493 e. The molecule has 0 saturated carbocycles. The van der Waals surface area contributed by atoms with Gasteiger partial charge in [-0.05, 0) is 31.2 Å². The standard InChI is InChI=1S/C19H17F3N2O4S/c1-4-28-17(25)10-29-18-12(9-23)13(19(20,21)22)8-14(24-18)11-5-6-15(26-2)16(7-11)27-3/h5-8H,4,10H2,1-3H3. The first kappa shape index (κ1) is 22.4. The van der Waals surface area contributed by atoms with Gasteiger partial charge in [0, 0.05) is 5.56 Å². The van der Waals surface area contributed by atoms with Crippen molar-refractivity contribution in [2.24, 2.45) is 0 Å². The van der Waals surface area contributed by atoms with E-state index in [1.165, 1.54) is 32.4 Å². The van der Waals surface area contributed by atoms with Crippen LogP contribution in [0.5, 0.6) is 11.5 Å². The van der Waals surface area contributed by atoms with Crippen molar-refractivity contribution in [3.63, 3.8) is 0 Å². The molecular formula is C19H17F3N2O4S. The summed E-state index contributed by atoms with van der Waals surface area (Å²) in [6.45, 7) is 1.75. The molecule has 0 unspecified atom stereocenters. The van der Waals surface area contributed by atoms with Crippen molar-refractivity contribution in [2.45, 2.75) is 18.1 Å². The van der Waals surface area contributed by atoms with Gasteiger partial charge in [-0.25, -0.2) is 4.98 Å². The summed E-state index contributed by atoms with van der Waals surface area (Å²) in [7, 11) is 2.83. The van der Waals surface area contributed by atoms with Gasteiger partial charge in [0.15, 0.2) is 11.5 Å². The molecule has 0 radical (unpaired) electrons. The van der Waals surface area contributed by atoms with E-state index in [0.29, 0.717) is 28.8 Å². The van der Waals surface area contributed by atoms with E-state index < -0.39 is 23.3 Å². The van der Waals surface area contributed by atoms with Gasteiger partial charge in [0.2, 0.25) is 0 Å². The van der Waals surface area contributed by atoms with Crippen LogP contribution in [0.15, 0.2) is 29.3 Å². The molecule has 0 fully saturated rings. The third kappa shape index (κ3) is 5.32. The maximum atomic E-state index is 13.6. The zero-order valence-electron chi connectivity index (χ0n) is 15.8. The highest BCUT2D eigenvalue weighted by Gasteiger charge is 2.36. The Labute approximate surface area is 169 Å². The molecule has 0 bridgehead atoms. The van der Waals surface area contributed by atoms with E-state index in [9.17, 15) is 23.2 Å². The number of alkyl halides is 3. The van der Waals surface area contributed by atoms with Crippen molar-refractivity contribution in [2.75, 3.05) is 26.6 Å². The minimum atomic E-state index is -4.78. The normalized spacial score (nSPS) is 10.9. The average molecular weight is 426 g/mol. The number of hydrogen-bond acceptors (Lipinski definition) is 7. The number of pyridine rings is 1. The van der Waals surface area contributed by atoms with Crippen molar-refractivity contribution in [1.29, 1.82) is 5.26 Å². The lowest BCUT2D eigenvalue weighted by atomic mass is 10.0. The summed E-state index contributed by atoms with van der Waals surface area (Å²) in [6, 6.07) is 6.88.